The first-order valence-electron chi connectivity index (χ1n) is 4.16. The van der Waals surface area contributed by atoms with E-state index in [9.17, 15) is 9.59 Å². The summed E-state index contributed by atoms with van der Waals surface area (Å²) in [4.78, 5) is 21.9. The fourth-order valence-corrected chi connectivity index (χ4v) is 0.582. The SMILES string of the molecule is CC(C)OC(=O)C(=O)OC(C)(C)C. The Balaban J connectivity index is 4.06. The first kappa shape index (κ1) is 11.9. The lowest BCUT2D eigenvalue weighted by Gasteiger charge is -2.18. The fraction of sp³-hybridized carbons (Fsp3) is 0.778. The largest absolute Gasteiger partial charge is 0.455 e. The van der Waals surface area contributed by atoms with Crippen LogP contribution in [0.4, 0.5) is 0 Å². The molecule has 0 spiro atoms. The summed E-state index contributed by atoms with van der Waals surface area (Å²) in [6, 6.07) is 0. The Bertz CT molecular complexity index is 200. The Kier molecular flexibility index (Phi) is 3.91. The number of carbonyl (C=O) groups is 2. The van der Waals surface area contributed by atoms with E-state index in [0.29, 0.717) is 0 Å². The molecular weight excluding hydrogens is 172 g/mol. The Morgan fingerprint density at radius 3 is 1.85 bits per heavy atom. The summed E-state index contributed by atoms with van der Waals surface area (Å²) in [5, 5.41) is 0. The Hall–Kier alpha value is -1.06. The van der Waals surface area contributed by atoms with Gasteiger partial charge in [-0.2, -0.15) is 0 Å². The van der Waals surface area contributed by atoms with Gasteiger partial charge in [0.15, 0.2) is 0 Å². The lowest BCUT2D eigenvalue weighted by molar-refractivity contribution is -0.176. The molecule has 13 heavy (non-hydrogen) atoms. The molecule has 0 saturated carbocycles. The average Bonchev–Trinajstić information content (AvgIpc) is 1.81. The van der Waals surface area contributed by atoms with Crippen molar-refractivity contribution in [3.8, 4) is 0 Å². The van der Waals surface area contributed by atoms with Crippen molar-refractivity contribution in [1.29, 1.82) is 0 Å². The third-order valence-corrected chi connectivity index (χ3v) is 0.908. The van der Waals surface area contributed by atoms with E-state index in [2.05, 4.69) is 4.74 Å². The van der Waals surface area contributed by atoms with Crippen LogP contribution in [0.3, 0.4) is 0 Å². The number of carbonyl (C=O) groups excluding carboxylic acids is 2. The summed E-state index contributed by atoms with van der Waals surface area (Å²) in [6.45, 7) is 8.40. The van der Waals surface area contributed by atoms with Crippen molar-refractivity contribution in [3.63, 3.8) is 0 Å². The van der Waals surface area contributed by atoms with Crippen LogP contribution in [0.2, 0.25) is 0 Å². The molecule has 0 aliphatic carbocycles. The van der Waals surface area contributed by atoms with E-state index in [4.69, 9.17) is 4.74 Å². The zero-order valence-electron chi connectivity index (χ0n) is 8.71. The second kappa shape index (κ2) is 4.25. The number of hydrogen-bond acceptors (Lipinski definition) is 4. The molecule has 76 valence electrons. The number of esters is 2. The summed E-state index contributed by atoms with van der Waals surface area (Å²) in [6.07, 6.45) is -0.306. The van der Waals surface area contributed by atoms with Gasteiger partial charge in [0.25, 0.3) is 0 Å². The smallest absolute Gasteiger partial charge is 0.418 e. The van der Waals surface area contributed by atoms with Crippen molar-refractivity contribution < 1.29 is 19.1 Å². The van der Waals surface area contributed by atoms with Crippen molar-refractivity contribution in [2.24, 2.45) is 0 Å². The summed E-state index contributed by atoms with van der Waals surface area (Å²) in [7, 11) is 0. The van der Waals surface area contributed by atoms with Gasteiger partial charge in [0, 0.05) is 0 Å². The molecular formula is C9H16O4. The van der Waals surface area contributed by atoms with Gasteiger partial charge in [-0.1, -0.05) is 0 Å². The fourth-order valence-electron chi connectivity index (χ4n) is 0.582. The van der Waals surface area contributed by atoms with Crippen LogP contribution >= 0.6 is 0 Å². The Morgan fingerprint density at radius 1 is 1.08 bits per heavy atom. The third-order valence-electron chi connectivity index (χ3n) is 0.908. The highest BCUT2D eigenvalue weighted by Gasteiger charge is 2.24. The quantitative estimate of drug-likeness (QED) is 0.459. The number of ether oxygens (including phenoxy) is 2. The van der Waals surface area contributed by atoms with Crippen LogP contribution in [-0.4, -0.2) is 23.6 Å². The average molecular weight is 188 g/mol. The topological polar surface area (TPSA) is 52.6 Å². The minimum absolute atomic E-state index is 0.306. The number of rotatable bonds is 1. The molecule has 0 aromatic rings. The maximum Gasteiger partial charge on any atom is 0.418 e. The highest BCUT2D eigenvalue weighted by molar-refractivity contribution is 6.29. The Labute approximate surface area is 78.2 Å². The molecule has 0 radical (unpaired) electrons. The van der Waals surface area contributed by atoms with Crippen molar-refractivity contribution in [3.05, 3.63) is 0 Å². The lowest BCUT2D eigenvalue weighted by Crippen LogP contribution is -2.31. The molecule has 0 heterocycles. The number of hydrogen-bond donors (Lipinski definition) is 0. The lowest BCUT2D eigenvalue weighted by atomic mass is 10.2. The van der Waals surface area contributed by atoms with Gasteiger partial charge in [-0.3, -0.25) is 0 Å². The van der Waals surface area contributed by atoms with E-state index >= 15 is 0 Å². The van der Waals surface area contributed by atoms with E-state index in [1.807, 2.05) is 0 Å². The molecule has 0 unspecified atom stereocenters. The van der Waals surface area contributed by atoms with Gasteiger partial charge in [0.1, 0.15) is 5.60 Å². The van der Waals surface area contributed by atoms with E-state index in [1.165, 1.54) is 0 Å². The molecule has 4 heteroatoms. The van der Waals surface area contributed by atoms with Crippen molar-refractivity contribution in [2.75, 3.05) is 0 Å². The van der Waals surface area contributed by atoms with Crippen molar-refractivity contribution in [1.82, 2.24) is 0 Å². The molecule has 0 saturated heterocycles. The molecule has 0 fully saturated rings. The molecule has 0 aliphatic rings. The summed E-state index contributed by atoms with van der Waals surface area (Å²) < 4.78 is 9.43. The summed E-state index contributed by atoms with van der Waals surface area (Å²) >= 11 is 0. The maximum atomic E-state index is 11.0. The van der Waals surface area contributed by atoms with Gasteiger partial charge in [-0.15, -0.1) is 0 Å². The first-order chi connectivity index (χ1) is 5.72. The third kappa shape index (κ3) is 6.13. The monoisotopic (exact) mass is 188 g/mol. The predicted octanol–water partition coefficient (Wildman–Crippen LogP) is 1.28. The molecule has 0 aromatic carbocycles. The van der Waals surface area contributed by atoms with Crippen molar-refractivity contribution in [2.45, 2.75) is 46.3 Å². The van der Waals surface area contributed by atoms with Crippen LogP contribution in [0.25, 0.3) is 0 Å². The van der Waals surface area contributed by atoms with Crippen LogP contribution in [-0.2, 0) is 19.1 Å². The minimum atomic E-state index is -0.943. The highest BCUT2D eigenvalue weighted by Crippen LogP contribution is 2.07. The minimum Gasteiger partial charge on any atom is -0.455 e. The van der Waals surface area contributed by atoms with Crippen LogP contribution in [0.5, 0.6) is 0 Å². The van der Waals surface area contributed by atoms with Crippen molar-refractivity contribution >= 4 is 11.9 Å². The zero-order chi connectivity index (χ0) is 10.6. The van der Waals surface area contributed by atoms with Gasteiger partial charge in [-0.05, 0) is 34.6 Å². The molecule has 0 rings (SSSR count). The molecule has 0 aromatic heterocycles. The van der Waals surface area contributed by atoms with Gasteiger partial charge in [0.05, 0.1) is 6.10 Å². The molecule has 0 aliphatic heterocycles. The van der Waals surface area contributed by atoms with Crippen LogP contribution < -0.4 is 0 Å². The van der Waals surface area contributed by atoms with E-state index < -0.39 is 17.5 Å². The second-order valence-corrected chi connectivity index (χ2v) is 3.96. The Morgan fingerprint density at radius 2 is 1.54 bits per heavy atom. The van der Waals surface area contributed by atoms with E-state index in [-0.39, 0.29) is 6.10 Å². The first-order valence-corrected chi connectivity index (χ1v) is 4.16. The zero-order valence-corrected chi connectivity index (χ0v) is 8.71. The summed E-state index contributed by atoms with van der Waals surface area (Å²) in [5.74, 6) is -1.88. The molecule has 4 nitrogen and oxygen atoms in total. The molecule has 0 amide bonds. The second-order valence-electron chi connectivity index (χ2n) is 3.96. The predicted molar refractivity (Wildman–Crippen MR) is 47.1 cm³/mol. The van der Waals surface area contributed by atoms with E-state index in [1.54, 1.807) is 34.6 Å². The van der Waals surface area contributed by atoms with E-state index in [0.717, 1.165) is 0 Å². The van der Waals surface area contributed by atoms with Gasteiger partial charge in [-0.25, -0.2) is 9.59 Å². The standard InChI is InChI=1S/C9H16O4/c1-6(2)12-7(10)8(11)13-9(3,4)5/h6H,1-5H3. The normalized spacial score (nSPS) is 11.2. The van der Waals surface area contributed by atoms with Crippen LogP contribution in [0, 0.1) is 0 Å². The molecule has 0 bridgehead atoms. The molecule has 0 N–H and O–H groups in total. The van der Waals surface area contributed by atoms with Crippen LogP contribution in [0.1, 0.15) is 34.6 Å². The van der Waals surface area contributed by atoms with Gasteiger partial charge in [0.2, 0.25) is 0 Å². The summed E-state index contributed by atoms with van der Waals surface area (Å²) in [5.41, 5.74) is -0.660. The van der Waals surface area contributed by atoms with Gasteiger partial charge >= 0.3 is 11.9 Å². The molecule has 0 atom stereocenters. The maximum absolute atomic E-state index is 11.0. The van der Waals surface area contributed by atoms with Gasteiger partial charge < -0.3 is 9.47 Å². The highest BCUT2D eigenvalue weighted by atomic mass is 16.6. The van der Waals surface area contributed by atoms with Crippen LogP contribution in [0.15, 0.2) is 0 Å².